The first kappa shape index (κ1) is 21.2. The Hall–Kier alpha value is -3.71. The fraction of sp³-hybridized carbons (Fsp3) is 0.154. The average molecular weight is 457 g/mol. The summed E-state index contributed by atoms with van der Waals surface area (Å²) in [6.45, 7) is 5.91. The topological polar surface area (TPSA) is 90.9 Å². The van der Waals surface area contributed by atoms with Gasteiger partial charge in [0.25, 0.3) is 0 Å². The second kappa shape index (κ2) is 7.71. The van der Waals surface area contributed by atoms with E-state index >= 15 is 0 Å². The van der Waals surface area contributed by atoms with Gasteiger partial charge in [-0.05, 0) is 73.4 Å². The van der Waals surface area contributed by atoms with E-state index in [1.807, 2.05) is 68.4 Å². The first-order chi connectivity index (χ1) is 15.8. The highest BCUT2D eigenvalue weighted by molar-refractivity contribution is 7.92. The van der Waals surface area contributed by atoms with Gasteiger partial charge in [0, 0.05) is 5.69 Å². The Morgan fingerprint density at radius 3 is 2.30 bits per heavy atom. The molecule has 0 bridgehead atoms. The van der Waals surface area contributed by atoms with Gasteiger partial charge < -0.3 is 5.73 Å². The van der Waals surface area contributed by atoms with Gasteiger partial charge in [0.05, 0.1) is 15.9 Å². The summed E-state index contributed by atoms with van der Waals surface area (Å²) in [6, 6.07) is 20.4. The molecule has 6 nitrogen and oxygen atoms in total. The zero-order valence-corrected chi connectivity index (χ0v) is 19.5. The van der Waals surface area contributed by atoms with Crippen LogP contribution >= 0.6 is 0 Å². The van der Waals surface area contributed by atoms with Crippen LogP contribution in [0.5, 0.6) is 0 Å². The van der Waals surface area contributed by atoms with E-state index in [0.717, 1.165) is 28.8 Å². The number of aryl methyl sites for hydroxylation is 3. The molecule has 5 rings (SSSR count). The maximum Gasteiger partial charge on any atom is 0.212 e. The largest absolute Gasteiger partial charge is 0.384 e. The van der Waals surface area contributed by atoms with Gasteiger partial charge >= 0.3 is 0 Å². The summed E-state index contributed by atoms with van der Waals surface area (Å²) in [7, 11) is -3.96. The van der Waals surface area contributed by atoms with Gasteiger partial charge in [0.1, 0.15) is 16.2 Å². The smallest absolute Gasteiger partial charge is 0.212 e. The number of para-hydroxylation sites is 2. The van der Waals surface area contributed by atoms with Crippen LogP contribution in [-0.2, 0) is 16.3 Å². The molecule has 166 valence electrons. The zero-order chi connectivity index (χ0) is 23.3. The molecular weight excluding hydrogens is 432 g/mol. The number of hydrogen-bond donors (Lipinski definition) is 1. The minimum Gasteiger partial charge on any atom is -0.384 e. The minimum atomic E-state index is -3.96. The standard InChI is InChI=1S/C26H24N4O2S/c1-4-18-8-7-9-19(15-18)30-25(27)24(33(31,32)20-13-12-16(2)17(3)14-20)23-26(30)29-22-11-6-5-10-21(22)28-23/h5-15H,4,27H2,1-3H3. The Morgan fingerprint density at radius 1 is 0.879 bits per heavy atom. The summed E-state index contributed by atoms with van der Waals surface area (Å²) in [6.07, 6.45) is 0.843. The number of nitrogens with two attached hydrogens (primary N) is 1. The van der Waals surface area contributed by atoms with Gasteiger partial charge in [-0.25, -0.2) is 18.4 Å². The second-order valence-electron chi connectivity index (χ2n) is 8.21. The van der Waals surface area contributed by atoms with Crippen LogP contribution in [-0.4, -0.2) is 23.0 Å². The van der Waals surface area contributed by atoms with E-state index in [2.05, 4.69) is 6.92 Å². The number of aromatic nitrogens is 3. The van der Waals surface area contributed by atoms with E-state index in [1.54, 1.807) is 16.7 Å². The van der Waals surface area contributed by atoms with Gasteiger partial charge in [-0.2, -0.15) is 0 Å². The second-order valence-corrected chi connectivity index (χ2v) is 10.1. The van der Waals surface area contributed by atoms with Crippen LogP contribution in [0.15, 0.2) is 76.5 Å². The van der Waals surface area contributed by atoms with Crippen molar-refractivity contribution >= 4 is 37.9 Å². The molecule has 0 unspecified atom stereocenters. The number of anilines is 1. The molecule has 0 fully saturated rings. The quantitative estimate of drug-likeness (QED) is 0.403. The molecule has 0 atom stereocenters. The first-order valence-electron chi connectivity index (χ1n) is 10.8. The van der Waals surface area contributed by atoms with Crippen LogP contribution < -0.4 is 5.73 Å². The predicted octanol–water partition coefficient (Wildman–Crippen LogP) is 5.17. The summed E-state index contributed by atoms with van der Waals surface area (Å²) in [5.74, 6) is 0.104. The molecular formula is C26H24N4O2S. The Morgan fingerprint density at radius 2 is 1.61 bits per heavy atom. The lowest BCUT2D eigenvalue weighted by molar-refractivity contribution is 0.597. The van der Waals surface area contributed by atoms with Crippen molar-refractivity contribution in [2.45, 2.75) is 37.0 Å². The van der Waals surface area contributed by atoms with Crippen LogP contribution in [0.25, 0.3) is 27.9 Å². The number of fused-ring (bicyclic) bond motifs is 2. The third-order valence-corrected chi connectivity index (χ3v) is 7.90. The molecule has 0 amide bonds. The normalized spacial score (nSPS) is 12.0. The minimum absolute atomic E-state index is 0.0130. The fourth-order valence-corrected chi connectivity index (χ4v) is 5.65. The van der Waals surface area contributed by atoms with Crippen molar-refractivity contribution in [2.75, 3.05) is 5.73 Å². The summed E-state index contributed by atoms with van der Waals surface area (Å²) in [4.78, 5) is 9.68. The molecule has 0 saturated heterocycles. The van der Waals surface area contributed by atoms with E-state index in [-0.39, 0.29) is 21.1 Å². The molecule has 7 heteroatoms. The summed E-state index contributed by atoms with van der Waals surface area (Å²) in [5.41, 5.74) is 12.3. The van der Waals surface area contributed by atoms with Crippen LogP contribution in [0.3, 0.4) is 0 Å². The lowest BCUT2D eigenvalue weighted by Gasteiger charge is -2.10. The van der Waals surface area contributed by atoms with Crippen molar-refractivity contribution in [3.8, 4) is 5.69 Å². The SMILES string of the molecule is CCc1cccc(-n2c(N)c(S(=O)(=O)c3ccc(C)c(C)c3)c3nc4ccccc4nc32)c1. The van der Waals surface area contributed by atoms with Crippen molar-refractivity contribution in [2.24, 2.45) is 0 Å². The van der Waals surface area contributed by atoms with Crippen molar-refractivity contribution in [3.63, 3.8) is 0 Å². The summed E-state index contributed by atoms with van der Waals surface area (Å²) >= 11 is 0. The lowest BCUT2D eigenvalue weighted by atomic mass is 10.1. The molecule has 5 aromatic rings. The van der Waals surface area contributed by atoms with Crippen LogP contribution in [0.1, 0.15) is 23.6 Å². The van der Waals surface area contributed by atoms with Crippen molar-refractivity contribution < 1.29 is 8.42 Å². The highest BCUT2D eigenvalue weighted by atomic mass is 32.2. The summed E-state index contributed by atoms with van der Waals surface area (Å²) < 4.78 is 29.4. The van der Waals surface area contributed by atoms with Crippen molar-refractivity contribution in [3.05, 3.63) is 83.4 Å². The Kier molecular flexibility index (Phi) is 4.94. The molecule has 0 aliphatic heterocycles. The van der Waals surface area contributed by atoms with E-state index in [9.17, 15) is 8.42 Å². The van der Waals surface area contributed by atoms with Crippen LogP contribution in [0, 0.1) is 13.8 Å². The highest BCUT2D eigenvalue weighted by Crippen LogP contribution is 2.37. The Bertz CT molecular complexity index is 1650. The molecule has 2 N–H and O–H groups in total. The van der Waals surface area contributed by atoms with E-state index < -0.39 is 9.84 Å². The summed E-state index contributed by atoms with van der Waals surface area (Å²) in [5, 5.41) is 0. The maximum absolute atomic E-state index is 13.9. The van der Waals surface area contributed by atoms with E-state index in [4.69, 9.17) is 15.7 Å². The van der Waals surface area contributed by atoms with Gasteiger partial charge in [-0.3, -0.25) is 4.57 Å². The number of benzene rings is 3. The molecule has 2 aromatic heterocycles. The lowest BCUT2D eigenvalue weighted by Crippen LogP contribution is -2.08. The number of nitrogens with zero attached hydrogens (tertiary/aromatic N) is 3. The van der Waals surface area contributed by atoms with Gasteiger partial charge in [0.15, 0.2) is 5.65 Å². The molecule has 3 aromatic carbocycles. The molecule has 0 spiro atoms. The van der Waals surface area contributed by atoms with E-state index in [1.165, 1.54) is 0 Å². The Balaban J connectivity index is 1.90. The van der Waals surface area contributed by atoms with Gasteiger partial charge in [0.2, 0.25) is 9.84 Å². The third kappa shape index (κ3) is 3.36. The Labute approximate surface area is 192 Å². The number of rotatable bonds is 4. The van der Waals surface area contributed by atoms with Crippen molar-refractivity contribution in [1.29, 1.82) is 0 Å². The molecule has 2 heterocycles. The molecule has 0 aliphatic rings. The predicted molar refractivity (Wildman–Crippen MR) is 132 cm³/mol. The van der Waals surface area contributed by atoms with Gasteiger partial charge in [-0.15, -0.1) is 0 Å². The fourth-order valence-electron chi connectivity index (χ4n) is 4.08. The molecule has 0 radical (unpaired) electrons. The zero-order valence-electron chi connectivity index (χ0n) is 18.7. The van der Waals surface area contributed by atoms with Crippen molar-refractivity contribution in [1.82, 2.24) is 14.5 Å². The molecule has 33 heavy (non-hydrogen) atoms. The number of sulfone groups is 1. The molecule has 0 saturated carbocycles. The first-order valence-corrected chi connectivity index (χ1v) is 12.3. The third-order valence-electron chi connectivity index (χ3n) is 6.09. The monoisotopic (exact) mass is 456 g/mol. The number of nitrogen functional groups attached to an aromatic ring is 1. The average Bonchev–Trinajstić information content (AvgIpc) is 3.10. The number of hydrogen-bond acceptors (Lipinski definition) is 5. The molecule has 0 aliphatic carbocycles. The highest BCUT2D eigenvalue weighted by Gasteiger charge is 2.31. The maximum atomic E-state index is 13.9. The van der Waals surface area contributed by atoms with Gasteiger partial charge in [-0.1, -0.05) is 37.3 Å². The van der Waals surface area contributed by atoms with Crippen LogP contribution in [0.2, 0.25) is 0 Å². The van der Waals surface area contributed by atoms with Crippen LogP contribution in [0.4, 0.5) is 5.82 Å². The van der Waals surface area contributed by atoms with E-state index in [0.29, 0.717) is 16.7 Å².